The van der Waals surface area contributed by atoms with Gasteiger partial charge in [-0.3, -0.25) is 0 Å². The molecule has 1 fully saturated rings. The molecule has 0 radical (unpaired) electrons. The van der Waals surface area contributed by atoms with Crippen molar-refractivity contribution in [1.29, 1.82) is 0 Å². The number of aliphatic hydroxyl groups is 1. The van der Waals surface area contributed by atoms with Gasteiger partial charge in [-0.25, -0.2) is 4.98 Å². The van der Waals surface area contributed by atoms with Crippen LogP contribution in [0.1, 0.15) is 13.3 Å². The highest BCUT2D eigenvalue weighted by molar-refractivity contribution is 6.32. The minimum absolute atomic E-state index is 0.281. The van der Waals surface area contributed by atoms with Crippen LogP contribution in [0.5, 0.6) is 0 Å². The van der Waals surface area contributed by atoms with E-state index in [2.05, 4.69) is 11.9 Å². The van der Waals surface area contributed by atoms with Gasteiger partial charge in [-0.15, -0.1) is 0 Å². The fourth-order valence-corrected chi connectivity index (χ4v) is 2.09. The number of aromatic nitrogens is 1. The van der Waals surface area contributed by atoms with Gasteiger partial charge in [-0.05, 0) is 24.5 Å². The molecule has 2 unspecified atom stereocenters. The summed E-state index contributed by atoms with van der Waals surface area (Å²) < 4.78 is 0. The van der Waals surface area contributed by atoms with Gasteiger partial charge in [0.15, 0.2) is 0 Å². The Hall–Kier alpha value is -0.800. The van der Waals surface area contributed by atoms with Crippen molar-refractivity contribution in [2.75, 3.05) is 18.0 Å². The zero-order valence-electron chi connectivity index (χ0n) is 8.73. The molecule has 0 amide bonds. The number of nitrogens with zero attached hydrogens (tertiary/aromatic N) is 2. The van der Waals surface area contributed by atoms with Crippen LogP contribution in [0.15, 0.2) is 18.3 Å². The van der Waals surface area contributed by atoms with Crippen molar-refractivity contribution in [1.82, 2.24) is 4.98 Å². The standard InChI is InChI=1S/C11H15ClN2O/c1-8-4-6-14(7-10(8)15)11-9(12)3-2-5-13-11/h2-3,5,8,10,15H,4,6-7H2,1H3. The summed E-state index contributed by atoms with van der Waals surface area (Å²) in [7, 11) is 0. The van der Waals surface area contributed by atoms with Crippen LogP contribution in [0.3, 0.4) is 0 Å². The Labute approximate surface area is 94.7 Å². The number of hydrogen-bond acceptors (Lipinski definition) is 3. The largest absolute Gasteiger partial charge is 0.391 e. The van der Waals surface area contributed by atoms with Gasteiger partial charge in [0.05, 0.1) is 11.1 Å². The van der Waals surface area contributed by atoms with Gasteiger partial charge < -0.3 is 10.0 Å². The number of hydrogen-bond donors (Lipinski definition) is 1. The predicted octanol–water partition coefficient (Wildman–Crippen LogP) is 1.94. The minimum atomic E-state index is -0.281. The molecule has 15 heavy (non-hydrogen) atoms. The quantitative estimate of drug-likeness (QED) is 0.795. The van der Waals surface area contributed by atoms with Crippen LogP contribution in [-0.2, 0) is 0 Å². The summed E-state index contributed by atoms with van der Waals surface area (Å²) in [6, 6.07) is 3.64. The highest BCUT2D eigenvalue weighted by Gasteiger charge is 2.25. The number of anilines is 1. The van der Waals surface area contributed by atoms with E-state index in [0.29, 0.717) is 17.5 Å². The number of piperidine rings is 1. The van der Waals surface area contributed by atoms with Crippen molar-refractivity contribution in [3.8, 4) is 0 Å². The molecule has 1 aromatic rings. The minimum Gasteiger partial charge on any atom is -0.391 e. The second-order valence-corrected chi connectivity index (χ2v) is 4.50. The molecule has 1 aliphatic rings. The maximum atomic E-state index is 9.79. The molecule has 0 saturated carbocycles. The molecular formula is C11H15ClN2O. The molecule has 0 aromatic carbocycles. The second-order valence-electron chi connectivity index (χ2n) is 4.09. The van der Waals surface area contributed by atoms with Crippen molar-refractivity contribution in [2.45, 2.75) is 19.4 Å². The molecule has 1 N–H and O–H groups in total. The zero-order chi connectivity index (χ0) is 10.8. The van der Waals surface area contributed by atoms with Crippen LogP contribution in [-0.4, -0.2) is 29.3 Å². The molecule has 1 saturated heterocycles. The third kappa shape index (κ3) is 2.24. The van der Waals surface area contributed by atoms with Crippen LogP contribution in [0.4, 0.5) is 5.82 Å². The molecule has 2 atom stereocenters. The molecule has 82 valence electrons. The van der Waals surface area contributed by atoms with Crippen molar-refractivity contribution < 1.29 is 5.11 Å². The van der Waals surface area contributed by atoms with Crippen molar-refractivity contribution >= 4 is 17.4 Å². The van der Waals surface area contributed by atoms with E-state index in [9.17, 15) is 5.11 Å². The summed E-state index contributed by atoms with van der Waals surface area (Å²) in [5.74, 6) is 1.15. The van der Waals surface area contributed by atoms with Crippen molar-refractivity contribution in [3.05, 3.63) is 23.4 Å². The van der Waals surface area contributed by atoms with E-state index in [4.69, 9.17) is 11.6 Å². The molecule has 4 heteroatoms. The Kier molecular flexibility index (Phi) is 3.12. The molecule has 1 aromatic heterocycles. The SMILES string of the molecule is CC1CCN(c2ncccc2Cl)CC1O. The number of aliphatic hydroxyl groups excluding tert-OH is 1. The lowest BCUT2D eigenvalue weighted by molar-refractivity contribution is 0.102. The Morgan fingerprint density at radius 1 is 1.60 bits per heavy atom. The summed E-state index contributed by atoms with van der Waals surface area (Å²) in [4.78, 5) is 6.29. The number of halogens is 1. The number of pyridine rings is 1. The van der Waals surface area contributed by atoms with E-state index in [1.807, 2.05) is 17.0 Å². The molecule has 0 spiro atoms. The lowest BCUT2D eigenvalue weighted by Crippen LogP contribution is -2.43. The van der Waals surface area contributed by atoms with Crippen LogP contribution >= 0.6 is 11.6 Å². The zero-order valence-corrected chi connectivity index (χ0v) is 9.48. The van der Waals surface area contributed by atoms with Gasteiger partial charge in [0.2, 0.25) is 0 Å². The molecule has 1 aliphatic heterocycles. The average molecular weight is 227 g/mol. The van der Waals surface area contributed by atoms with Crippen molar-refractivity contribution in [3.63, 3.8) is 0 Å². The predicted molar refractivity (Wildman–Crippen MR) is 61.2 cm³/mol. The second kappa shape index (κ2) is 4.37. The van der Waals surface area contributed by atoms with Crippen molar-refractivity contribution in [2.24, 2.45) is 5.92 Å². The molecule has 3 nitrogen and oxygen atoms in total. The molecule has 2 rings (SSSR count). The van der Waals surface area contributed by atoms with Crippen LogP contribution in [0.2, 0.25) is 5.02 Å². The Morgan fingerprint density at radius 2 is 2.40 bits per heavy atom. The van der Waals surface area contributed by atoms with Gasteiger partial charge in [0.1, 0.15) is 5.82 Å². The lowest BCUT2D eigenvalue weighted by Gasteiger charge is -2.35. The summed E-state index contributed by atoms with van der Waals surface area (Å²) in [6.07, 6.45) is 2.43. The van der Waals surface area contributed by atoms with Crippen LogP contribution < -0.4 is 4.90 Å². The summed E-state index contributed by atoms with van der Waals surface area (Å²) >= 11 is 6.06. The number of β-amino-alcohol motifs (C(OH)–C–C–N with tert-alkyl or cyclic N) is 1. The first-order chi connectivity index (χ1) is 7.18. The van der Waals surface area contributed by atoms with E-state index < -0.39 is 0 Å². The molecule has 0 aliphatic carbocycles. The smallest absolute Gasteiger partial charge is 0.147 e. The van der Waals surface area contributed by atoms with Gasteiger partial charge in [0, 0.05) is 19.3 Å². The first kappa shape index (κ1) is 10.7. The summed E-state index contributed by atoms with van der Waals surface area (Å²) in [5, 5.41) is 10.4. The van der Waals surface area contributed by atoms with E-state index in [1.165, 1.54) is 0 Å². The fraction of sp³-hybridized carbons (Fsp3) is 0.545. The van der Waals surface area contributed by atoms with Crippen LogP contribution in [0, 0.1) is 5.92 Å². The molecule has 2 heterocycles. The maximum Gasteiger partial charge on any atom is 0.147 e. The van der Waals surface area contributed by atoms with Gasteiger partial charge in [0.25, 0.3) is 0 Å². The molecular weight excluding hydrogens is 212 g/mol. The normalized spacial score (nSPS) is 26.7. The first-order valence-corrected chi connectivity index (χ1v) is 5.60. The van der Waals surface area contributed by atoms with Gasteiger partial charge >= 0.3 is 0 Å². The molecule has 0 bridgehead atoms. The summed E-state index contributed by atoms with van der Waals surface area (Å²) in [6.45, 7) is 3.61. The lowest BCUT2D eigenvalue weighted by atomic mass is 9.96. The highest BCUT2D eigenvalue weighted by Crippen LogP contribution is 2.27. The Morgan fingerprint density at radius 3 is 3.07 bits per heavy atom. The summed E-state index contributed by atoms with van der Waals surface area (Å²) in [5.41, 5.74) is 0. The fourth-order valence-electron chi connectivity index (χ4n) is 1.85. The monoisotopic (exact) mass is 226 g/mol. The van der Waals surface area contributed by atoms with Crippen LogP contribution in [0.25, 0.3) is 0 Å². The third-order valence-corrected chi connectivity index (χ3v) is 3.25. The highest BCUT2D eigenvalue weighted by atomic mass is 35.5. The van der Waals surface area contributed by atoms with E-state index in [1.54, 1.807) is 6.20 Å². The third-order valence-electron chi connectivity index (χ3n) is 2.96. The maximum absolute atomic E-state index is 9.79. The Balaban J connectivity index is 2.15. The number of rotatable bonds is 1. The first-order valence-electron chi connectivity index (χ1n) is 5.22. The van der Waals surface area contributed by atoms with Gasteiger partial charge in [-0.2, -0.15) is 0 Å². The topological polar surface area (TPSA) is 36.4 Å². The average Bonchev–Trinajstić information content (AvgIpc) is 2.23. The van der Waals surface area contributed by atoms with E-state index >= 15 is 0 Å². The van der Waals surface area contributed by atoms with Gasteiger partial charge in [-0.1, -0.05) is 18.5 Å². The van der Waals surface area contributed by atoms with E-state index in [-0.39, 0.29) is 6.10 Å². The Bertz CT molecular complexity index is 345. The van der Waals surface area contributed by atoms with E-state index in [0.717, 1.165) is 18.8 Å².